The standard InChI is InChI=1S/C12H12N4O4/c13-12-14-7-9(16(18)19)11(15-12)20-10-4-2-1-3-8(10)5-6-17/h1-4,7,17H,5-6H2,(H2,13,14,15). The summed E-state index contributed by atoms with van der Waals surface area (Å²) in [6, 6.07) is 6.88. The van der Waals surface area contributed by atoms with Crippen LogP contribution in [-0.4, -0.2) is 26.6 Å². The number of hydrogen-bond acceptors (Lipinski definition) is 7. The molecule has 0 saturated carbocycles. The molecule has 8 nitrogen and oxygen atoms in total. The van der Waals surface area contributed by atoms with Gasteiger partial charge in [-0.2, -0.15) is 4.98 Å². The van der Waals surface area contributed by atoms with E-state index >= 15 is 0 Å². The molecule has 104 valence electrons. The third-order valence-corrected chi connectivity index (χ3v) is 2.51. The van der Waals surface area contributed by atoms with Gasteiger partial charge in [0.2, 0.25) is 5.95 Å². The second-order valence-corrected chi connectivity index (χ2v) is 3.86. The summed E-state index contributed by atoms with van der Waals surface area (Å²) in [5.74, 6) is 0.0286. The van der Waals surface area contributed by atoms with Crippen molar-refractivity contribution in [2.45, 2.75) is 6.42 Å². The third kappa shape index (κ3) is 2.98. The second kappa shape index (κ2) is 5.93. The summed E-state index contributed by atoms with van der Waals surface area (Å²) in [6.45, 7) is -0.0611. The van der Waals surface area contributed by atoms with Gasteiger partial charge in [0.05, 0.1) is 4.92 Å². The topological polar surface area (TPSA) is 124 Å². The van der Waals surface area contributed by atoms with Gasteiger partial charge < -0.3 is 15.6 Å². The summed E-state index contributed by atoms with van der Waals surface area (Å²) in [5.41, 5.74) is 5.75. The maximum Gasteiger partial charge on any atom is 0.349 e. The Balaban J connectivity index is 2.39. The molecule has 0 radical (unpaired) electrons. The van der Waals surface area contributed by atoms with E-state index in [1.54, 1.807) is 24.3 Å². The van der Waals surface area contributed by atoms with E-state index in [1.807, 2.05) is 0 Å². The lowest BCUT2D eigenvalue weighted by atomic mass is 10.1. The molecule has 0 aliphatic rings. The van der Waals surface area contributed by atoms with E-state index in [4.69, 9.17) is 15.6 Å². The van der Waals surface area contributed by atoms with Gasteiger partial charge in [-0.15, -0.1) is 0 Å². The minimum Gasteiger partial charge on any atom is -0.433 e. The highest BCUT2D eigenvalue weighted by Crippen LogP contribution is 2.31. The van der Waals surface area contributed by atoms with Crippen molar-refractivity contribution in [1.29, 1.82) is 0 Å². The molecule has 1 aromatic carbocycles. The van der Waals surface area contributed by atoms with Crippen LogP contribution in [0.4, 0.5) is 11.6 Å². The lowest BCUT2D eigenvalue weighted by Gasteiger charge is -2.09. The van der Waals surface area contributed by atoms with Gasteiger partial charge in [0.15, 0.2) is 0 Å². The zero-order valence-corrected chi connectivity index (χ0v) is 10.4. The molecule has 8 heteroatoms. The predicted molar refractivity (Wildman–Crippen MR) is 70.4 cm³/mol. The van der Waals surface area contributed by atoms with Crippen molar-refractivity contribution in [2.75, 3.05) is 12.3 Å². The highest BCUT2D eigenvalue weighted by Gasteiger charge is 2.19. The number of ether oxygens (including phenoxy) is 1. The van der Waals surface area contributed by atoms with Gasteiger partial charge in [-0.3, -0.25) is 10.1 Å². The molecule has 0 spiro atoms. The van der Waals surface area contributed by atoms with Crippen LogP contribution in [0.5, 0.6) is 11.6 Å². The Morgan fingerprint density at radius 3 is 2.85 bits per heavy atom. The molecule has 20 heavy (non-hydrogen) atoms. The molecule has 2 rings (SSSR count). The molecular weight excluding hydrogens is 264 g/mol. The summed E-state index contributed by atoms with van der Waals surface area (Å²) in [5, 5.41) is 19.9. The largest absolute Gasteiger partial charge is 0.433 e. The Labute approximate surface area is 114 Å². The van der Waals surface area contributed by atoms with Crippen LogP contribution in [0, 0.1) is 10.1 Å². The first-order chi connectivity index (χ1) is 9.61. The Hall–Kier alpha value is -2.74. The molecule has 0 aliphatic heterocycles. The van der Waals surface area contributed by atoms with Gasteiger partial charge in [0.25, 0.3) is 0 Å². The predicted octanol–water partition coefficient (Wildman–Crippen LogP) is 1.29. The van der Waals surface area contributed by atoms with Crippen molar-refractivity contribution < 1.29 is 14.8 Å². The van der Waals surface area contributed by atoms with Crippen LogP contribution in [0.15, 0.2) is 30.5 Å². The molecule has 0 saturated heterocycles. The van der Waals surface area contributed by atoms with E-state index in [9.17, 15) is 10.1 Å². The monoisotopic (exact) mass is 276 g/mol. The molecule has 1 heterocycles. The molecule has 0 atom stereocenters. The third-order valence-electron chi connectivity index (χ3n) is 2.51. The lowest BCUT2D eigenvalue weighted by molar-refractivity contribution is -0.386. The average molecular weight is 276 g/mol. The van der Waals surface area contributed by atoms with Crippen LogP contribution in [0.25, 0.3) is 0 Å². The zero-order valence-electron chi connectivity index (χ0n) is 10.4. The van der Waals surface area contributed by atoms with E-state index in [1.165, 1.54) is 0 Å². The Morgan fingerprint density at radius 2 is 2.15 bits per heavy atom. The molecule has 0 unspecified atom stereocenters. The molecule has 3 N–H and O–H groups in total. The summed E-state index contributed by atoms with van der Waals surface area (Å²) in [7, 11) is 0. The van der Waals surface area contributed by atoms with E-state index < -0.39 is 4.92 Å². The van der Waals surface area contributed by atoms with Crippen molar-refractivity contribution >= 4 is 11.6 Å². The lowest BCUT2D eigenvalue weighted by Crippen LogP contribution is -2.03. The normalized spacial score (nSPS) is 10.2. The number of nitro groups is 1. The first kappa shape index (κ1) is 13.7. The van der Waals surface area contributed by atoms with Crippen LogP contribution in [0.1, 0.15) is 5.56 Å². The van der Waals surface area contributed by atoms with Crippen LogP contribution in [0.3, 0.4) is 0 Å². The fourth-order valence-corrected chi connectivity index (χ4v) is 1.61. The minimum atomic E-state index is -0.649. The van der Waals surface area contributed by atoms with Gasteiger partial charge in [-0.1, -0.05) is 18.2 Å². The van der Waals surface area contributed by atoms with Crippen LogP contribution < -0.4 is 10.5 Å². The van der Waals surface area contributed by atoms with E-state index in [0.29, 0.717) is 17.7 Å². The number of nitrogens with two attached hydrogens (primary N) is 1. The number of rotatable bonds is 5. The summed E-state index contributed by atoms with van der Waals surface area (Å²) >= 11 is 0. The highest BCUT2D eigenvalue weighted by atomic mass is 16.6. The smallest absolute Gasteiger partial charge is 0.349 e. The fourth-order valence-electron chi connectivity index (χ4n) is 1.61. The molecule has 0 aliphatic carbocycles. The Bertz CT molecular complexity index is 633. The number of aliphatic hydroxyl groups is 1. The molecule has 2 aromatic rings. The van der Waals surface area contributed by atoms with Crippen molar-refractivity contribution in [1.82, 2.24) is 9.97 Å². The zero-order chi connectivity index (χ0) is 14.5. The van der Waals surface area contributed by atoms with Crippen molar-refractivity contribution in [3.63, 3.8) is 0 Å². The number of anilines is 1. The number of hydrogen-bond donors (Lipinski definition) is 2. The molecule has 0 fully saturated rings. The van der Waals surface area contributed by atoms with Crippen molar-refractivity contribution in [3.8, 4) is 11.6 Å². The highest BCUT2D eigenvalue weighted by molar-refractivity contribution is 5.45. The van der Waals surface area contributed by atoms with Gasteiger partial charge in [0, 0.05) is 6.61 Å². The van der Waals surface area contributed by atoms with Gasteiger partial charge >= 0.3 is 11.6 Å². The Morgan fingerprint density at radius 1 is 1.40 bits per heavy atom. The molecule has 0 amide bonds. The number of aliphatic hydroxyl groups excluding tert-OH is 1. The number of nitrogen functional groups attached to an aromatic ring is 1. The maximum absolute atomic E-state index is 10.9. The molecular formula is C12H12N4O4. The van der Waals surface area contributed by atoms with E-state index in [-0.39, 0.29) is 24.1 Å². The fraction of sp³-hybridized carbons (Fsp3) is 0.167. The van der Waals surface area contributed by atoms with E-state index in [0.717, 1.165) is 6.20 Å². The number of nitrogens with zero attached hydrogens (tertiary/aromatic N) is 3. The Kier molecular flexibility index (Phi) is 4.06. The van der Waals surface area contributed by atoms with Crippen molar-refractivity contribution in [2.24, 2.45) is 0 Å². The molecule has 0 bridgehead atoms. The quantitative estimate of drug-likeness (QED) is 0.622. The number of benzene rings is 1. The summed E-state index contributed by atoms with van der Waals surface area (Å²) < 4.78 is 5.45. The molecule has 1 aromatic heterocycles. The van der Waals surface area contributed by atoms with Crippen LogP contribution in [0.2, 0.25) is 0 Å². The van der Waals surface area contributed by atoms with Gasteiger partial charge in [-0.05, 0) is 18.1 Å². The van der Waals surface area contributed by atoms with Gasteiger partial charge in [0.1, 0.15) is 11.9 Å². The van der Waals surface area contributed by atoms with Crippen LogP contribution in [-0.2, 0) is 6.42 Å². The van der Waals surface area contributed by atoms with E-state index in [2.05, 4.69) is 9.97 Å². The SMILES string of the molecule is Nc1ncc([N+](=O)[O-])c(Oc2ccccc2CCO)n1. The van der Waals surface area contributed by atoms with Gasteiger partial charge in [-0.25, -0.2) is 4.98 Å². The average Bonchev–Trinajstić information content (AvgIpc) is 2.41. The first-order valence-corrected chi connectivity index (χ1v) is 5.75. The first-order valence-electron chi connectivity index (χ1n) is 5.75. The van der Waals surface area contributed by atoms with Crippen molar-refractivity contribution in [3.05, 3.63) is 46.1 Å². The second-order valence-electron chi connectivity index (χ2n) is 3.86. The van der Waals surface area contributed by atoms with Crippen LogP contribution >= 0.6 is 0 Å². The number of aromatic nitrogens is 2. The minimum absolute atomic E-state index is 0.0611. The summed E-state index contributed by atoms with van der Waals surface area (Å²) in [6.07, 6.45) is 1.36. The number of para-hydroxylation sites is 1. The summed E-state index contributed by atoms with van der Waals surface area (Å²) in [4.78, 5) is 17.5. The maximum atomic E-state index is 10.9.